The standard InChI is InChI=1S/C13H15BrN2OS/c1-2-15-13(17)10-5-11-9(6-12(14)18-11)16(10)7-8-3-4-8/h5-6,8H,2-4,7H2,1H3,(H,15,17). The maximum atomic E-state index is 12.1. The molecule has 2 aromatic rings. The fourth-order valence-electron chi connectivity index (χ4n) is 2.21. The van der Waals surface area contributed by atoms with Crippen molar-refractivity contribution in [2.24, 2.45) is 5.92 Å². The predicted molar refractivity (Wildman–Crippen MR) is 78.2 cm³/mol. The van der Waals surface area contributed by atoms with E-state index in [1.54, 1.807) is 11.3 Å². The zero-order valence-corrected chi connectivity index (χ0v) is 12.6. The number of carbonyl (C=O) groups excluding carboxylic acids is 1. The summed E-state index contributed by atoms with van der Waals surface area (Å²) in [6, 6.07) is 4.13. The van der Waals surface area contributed by atoms with Gasteiger partial charge < -0.3 is 9.88 Å². The van der Waals surface area contributed by atoms with Gasteiger partial charge in [0.05, 0.1) is 14.0 Å². The Labute approximate surface area is 118 Å². The molecular weight excluding hydrogens is 312 g/mol. The van der Waals surface area contributed by atoms with E-state index in [2.05, 4.69) is 31.9 Å². The van der Waals surface area contributed by atoms with Gasteiger partial charge in [0.15, 0.2) is 0 Å². The van der Waals surface area contributed by atoms with E-state index in [-0.39, 0.29) is 5.91 Å². The first-order valence-electron chi connectivity index (χ1n) is 6.25. The number of rotatable bonds is 4. The highest BCUT2D eigenvalue weighted by Gasteiger charge is 2.25. The fraction of sp³-hybridized carbons (Fsp3) is 0.462. The van der Waals surface area contributed by atoms with Gasteiger partial charge in [0, 0.05) is 13.1 Å². The molecule has 0 aromatic carbocycles. The fourth-order valence-corrected chi connectivity index (χ4v) is 3.77. The molecule has 3 nitrogen and oxygen atoms in total. The highest BCUT2D eigenvalue weighted by Crippen LogP contribution is 2.36. The van der Waals surface area contributed by atoms with E-state index >= 15 is 0 Å². The zero-order chi connectivity index (χ0) is 12.7. The van der Waals surface area contributed by atoms with Crippen molar-refractivity contribution < 1.29 is 4.79 Å². The minimum Gasteiger partial charge on any atom is -0.351 e. The molecule has 1 aliphatic carbocycles. The van der Waals surface area contributed by atoms with Gasteiger partial charge in [-0.15, -0.1) is 11.3 Å². The Morgan fingerprint density at radius 3 is 3.00 bits per heavy atom. The third-order valence-electron chi connectivity index (χ3n) is 3.27. The average molecular weight is 327 g/mol. The van der Waals surface area contributed by atoms with E-state index in [9.17, 15) is 4.79 Å². The second kappa shape index (κ2) is 4.70. The van der Waals surface area contributed by atoms with Crippen LogP contribution in [-0.4, -0.2) is 17.0 Å². The number of nitrogens with one attached hydrogen (secondary N) is 1. The van der Waals surface area contributed by atoms with E-state index in [1.165, 1.54) is 23.1 Å². The number of amides is 1. The van der Waals surface area contributed by atoms with Gasteiger partial charge in [0.25, 0.3) is 5.91 Å². The van der Waals surface area contributed by atoms with E-state index in [1.807, 2.05) is 13.0 Å². The molecule has 96 valence electrons. The lowest BCUT2D eigenvalue weighted by Crippen LogP contribution is -2.25. The number of carbonyl (C=O) groups is 1. The Bertz CT molecular complexity index is 597. The highest BCUT2D eigenvalue weighted by atomic mass is 79.9. The molecule has 0 bridgehead atoms. The minimum atomic E-state index is 0.0395. The van der Waals surface area contributed by atoms with E-state index in [0.29, 0.717) is 6.54 Å². The van der Waals surface area contributed by atoms with Crippen LogP contribution in [-0.2, 0) is 6.54 Å². The van der Waals surface area contributed by atoms with Crippen LogP contribution in [0.2, 0.25) is 0 Å². The molecule has 1 saturated carbocycles. The summed E-state index contributed by atoms with van der Waals surface area (Å²) >= 11 is 5.20. The summed E-state index contributed by atoms with van der Waals surface area (Å²) in [5.41, 5.74) is 1.98. The summed E-state index contributed by atoms with van der Waals surface area (Å²) in [5.74, 6) is 0.796. The van der Waals surface area contributed by atoms with Crippen molar-refractivity contribution in [2.45, 2.75) is 26.3 Å². The molecule has 0 aliphatic heterocycles. The number of aromatic nitrogens is 1. The maximum Gasteiger partial charge on any atom is 0.267 e. The summed E-state index contributed by atoms with van der Waals surface area (Å²) < 4.78 is 4.49. The van der Waals surface area contributed by atoms with Gasteiger partial charge in [0.1, 0.15) is 5.69 Å². The first-order valence-corrected chi connectivity index (χ1v) is 7.86. The van der Waals surface area contributed by atoms with Crippen LogP contribution in [0.4, 0.5) is 0 Å². The molecule has 2 aromatic heterocycles. The van der Waals surface area contributed by atoms with E-state index < -0.39 is 0 Å². The van der Waals surface area contributed by atoms with Crippen LogP contribution in [0.5, 0.6) is 0 Å². The summed E-state index contributed by atoms with van der Waals surface area (Å²) in [5, 5.41) is 2.89. The Balaban J connectivity index is 2.04. The third-order valence-corrected chi connectivity index (χ3v) is 4.84. The van der Waals surface area contributed by atoms with Crippen LogP contribution < -0.4 is 5.32 Å². The lowest BCUT2D eigenvalue weighted by atomic mass is 10.3. The van der Waals surface area contributed by atoms with Crippen molar-refractivity contribution in [3.63, 3.8) is 0 Å². The Morgan fingerprint density at radius 1 is 1.56 bits per heavy atom. The van der Waals surface area contributed by atoms with Crippen molar-refractivity contribution in [3.8, 4) is 0 Å². The molecule has 18 heavy (non-hydrogen) atoms. The maximum absolute atomic E-state index is 12.1. The first-order chi connectivity index (χ1) is 8.69. The van der Waals surface area contributed by atoms with Gasteiger partial charge in [0.2, 0.25) is 0 Å². The minimum absolute atomic E-state index is 0.0395. The summed E-state index contributed by atoms with van der Waals surface area (Å²) in [7, 11) is 0. The molecule has 1 aliphatic rings. The topological polar surface area (TPSA) is 34.0 Å². The largest absolute Gasteiger partial charge is 0.351 e. The van der Waals surface area contributed by atoms with Crippen molar-refractivity contribution in [1.29, 1.82) is 0 Å². The van der Waals surface area contributed by atoms with Crippen LogP contribution in [0.15, 0.2) is 15.9 Å². The van der Waals surface area contributed by atoms with E-state index in [4.69, 9.17) is 0 Å². The Hall–Kier alpha value is -0.810. The lowest BCUT2D eigenvalue weighted by Gasteiger charge is -2.09. The highest BCUT2D eigenvalue weighted by molar-refractivity contribution is 9.11. The van der Waals surface area contributed by atoms with Gasteiger partial charge in [-0.05, 0) is 53.7 Å². The van der Waals surface area contributed by atoms with Crippen LogP contribution in [0.3, 0.4) is 0 Å². The summed E-state index contributed by atoms with van der Waals surface area (Å²) in [4.78, 5) is 12.1. The Morgan fingerprint density at radius 2 is 2.33 bits per heavy atom. The van der Waals surface area contributed by atoms with Gasteiger partial charge in [-0.3, -0.25) is 4.79 Å². The molecule has 5 heteroatoms. The van der Waals surface area contributed by atoms with Gasteiger partial charge >= 0.3 is 0 Å². The monoisotopic (exact) mass is 326 g/mol. The molecule has 0 atom stereocenters. The number of nitrogens with zero attached hydrogens (tertiary/aromatic N) is 1. The predicted octanol–water partition coefficient (Wildman–Crippen LogP) is 3.63. The first kappa shape index (κ1) is 12.2. The van der Waals surface area contributed by atoms with Crippen molar-refractivity contribution >= 4 is 43.4 Å². The molecule has 1 fully saturated rings. The molecule has 0 radical (unpaired) electrons. The molecule has 0 unspecified atom stereocenters. The quantitative estimate of drug-likeness (QED) is 0.914. The third kappa shape index (κ3) is 2.21. The summed E-state index contributed by atoms with van der Waals surface area (Å²) in [6.07, 6.45) is 2.58. The molecule has 0 spiro atoms. The van der Waals surface area contributed by atoms with Gasteiger partial charge in [-0.25, -0.2) is 0 Å². The Kier molecular flexibility index (Phi) is 3.20. The van der Waals surface area contributed by atoms with Crippen molar-refractivity contribution in [3.05, 3.63) is 21.6 Å². The van der Waals surface area contributed by atoms with Gasteiger partial charge in [-0.1, -0.05) is 0 Å². The molecule has 2 heterocycles. The van der Waals surface area contributed by atoms with Crippen LogP contribution >= 0.6 is 27.3 Å². The molecule has 1 N–H and O–H groups in total. The number of hydrogen-bond acceptors (Lipinski definition) is 2. The van der Waals surface area contributed by atoms with Crippen LogP contribution in [0.1, 0.15) is 30.3 Å². The van der Waals surface area contributed by atoms with Crippen molar-refractivity contribution in [2.75, 3.05) is 6.54 Å². The second-order valence-corrected chi connectivity index (χ2v) is 7.21. The molecule has 1 amide bonds. The van der Waals surface area contributed by atoms with Crippen LogP contribution in [0, 0.1) is 5.92 Å². The normalized spacial score (nSPS) is 15.2. The summed E-state index contributed by atoms with van der Waals surface area (Å²) in [6.45, 7) is 3.59. The molecular formula is C13H15BrN2OS. The number of thiophene rings is 1. The number of hydrogen-bond donors (Lipinski definition) is 1. The number of halogens is 1. The smallest absolute Gasteiger partial charge is 0.267 e. The van der Waals surface area contributed by atoms with E-state index in [0.717, 1.165) is 21.9 Å². The second-order valence-electron chi connectivity index (χ2n) is 4.74. The molecule has 3 rings (SSSR count). The average Bonchev–Trinajstić information content (AvgIpc) is 2.98. The zero-order valence-electron chi connectivity index (χ0n) is 10.2. The van der Waals surface area contributed by atoms with Crippen LogP contribution in [0.25, 0.3) is 10.2 Å². The van der Waals surface area contributed by atoms with Gasteiger partial charge in [-0.2, -0.15) is 0 Å². The molecule has 0 saturated heterocycles. The lowest BCUT2D eigenvalue weighted by molar-refractivity contribution is 0.0946. The van der Waals surface area contributed by atoms with Crippen molar-refractivity contribution in [1.82, 2.24) is 9.88 Å². The number of fused-ring (bicyclic) bond motifs is 1. The SMILES string of the molecule is CCNC(=O)c1cc2sc(Br)cc2n1CC1CC1.